The van der Waals surface area contributed by atoms with Crippen LogP contribution in [0.25, 0.3) is 0 Å². The van der Waals surface area contributed by atoms with Crippen LogP contribution >= 0.6 is 0 Å². The number of hydrogen-bond acceptors (Lipinski definition) is 7. The number of oxime groups is 1. The molecule has 152 valence electrons. The number of nitrogens with two attached hydrogens (primary N) is 1. The molecule has 1 aromatic rings. The van der Waals surface area contributed by atoms with E-state index < -0.39 is 0 Å². The molecular weight excluding hydrogens is 358 g/mol. The first-order valence-electron chi connectivity index (χ1n) is 9.44. The minimum atomic E-state index is 0.238. The van der Waals surface area contributed by atoms with Crippen LogP contribution in [0.2, 0.25) is 0 Å². The molecule has 1 fully saturated rings. The average Bonchev–Trinajstić information content (AvgIpc) is 3.52. The Labute approximate surface area is 166 Å². The fraction of sp³-hybridized carbons (Fsp3) is 0.500. The lowest BCUT2D eigenvalue weighted by Crippen LogP contribution is -2.30. The van der Waals surface area contributed by atoms with Gasteiger partial charge in [-0.1, -0.05) is 24.2 Å². The van der Waals surface area contributed by atoms with Crippen LogP contribution in [0.4, 0.5) is 5.69 Å². The van der Waals surface area contributed by atoms with Crippen molar-refractivity contribution >= 4 is 29.4 Å². The first kappa shape index (κ1) is 21.6. The van der Waals surface area contributed by atoms with Gasteiger partial charge in [-0.15, -0.1) is 5.10 Å². The lowest BCUT2D eigenvalue weighted by atomic mass is 10.1. The van der Waals surface area contributed by atoms with Gasteiger partial charge >= 0.3 is 0 Å². The minimum absolute atomic E-state index is 0.238. The Morgan fingerprint density at radius 2 is 2.04 bits per heavy atom. The molecule has 0 unspecified atom stereocenters. The van der Waals surface area contributed by atoms with Crippen LogP contribution in [0.5, 0.6) is 0 Å². The molecule has 1 saturated carbocycles. The normalized spacial score (nSPS) is 15.4. The highest BCUT2D eigenvalue weighted by Crippen LogP contribution is 2.28. The van der Waals surface area contributed by atoms with E-state index in [1.165, 1.54) is 12.8 Å². The molecule has 0 aromatic heterocycles. The number of carbonyl (C=O) groups excluding carboxylic acids is 1. The van der Waals surface area contributed by atoms with Gasteiger partial charge in [0.05, 0.1) is 17.1 Å². The van der Waals surface area contributed by atoms with Gasteiger partial charge in [0.25, 0.3) is 0 Å². The lowest BCUT2D eigenvalue weighted by Gasteiger charge is -2.18. The zero-order chi connectivity index (χ0) is 20.5. The third-order valence-electron chi connectivity index (χ3n) is 4.51. The van der Waals surface area contributed by atoms with Crippen LogP contribution < -0.4 is 10.9 Å². The highest BCUT2D eigenvalue weighted by atomic mass is 16.6. The average molecular weight is 387 g/mol. The molecule has 1 aliphatic rings. The van der Waals surface area contributed by atoms with Gasteiger partial charge in [0.15, 0.2) is 0 Å². The molecule has 8 heteroatoms. The predicted octanol–water partition coefficient (Wildman–Crippen LogP) is 3.34. The molecule has 0 atom stereocenters. The van der Waals surface area contributed by atoms with E-state index in [1.807, 2.05) is 39.8 Å². The summed E-state index contributed by atoms with van der Waals surface area (Å²) in [5.41, 5.74) is 3.74. The molecular formula is C20H29N5O3. The summed E-state index contributed by atoms with van der Waals surface area (Å²) in [6.45, 7) is 8.43. The number of aryl methyl sites for hydroxylation is 1. The van der Waals surface area contributed by atoms with E-state index in [0.29, 0.717) is 48.4 Å². The van der Waals surface area contributed by atoms with Gasteiger partial charge in [-0.2, -0.15) is 5.10 Å². The summed E-state index contributed by atoms with van der Waals surface area (Å²) in [7, 11) is 0. The predicted molar refractivity (Wildman–Crippen MR) is 111 cm³/mol. The van der Waals surface area contributed by atoms with Gasteiger partial charge in [0.1, 0.15) is 13.2 Å². The summed E-state index contributed by atoms with van der Waals surface area (Å²) in [5, 5.41) is 13.5. The first-order chi connectivity index (χ1) is 13.5. The largest absolute Gasteiger partial charge is 0.475 e. The number of nitrogens with zero attached hydrogens (tertiary/aromatic N) is 4. The van der Waals surface area contributed by atoms with Crippen LogP contribution in [0.3, 0.4) is 0 Å². The molecule has 0 spiro atoms. The maximum atomic E-state index is 11.0. The van der Waals surface area contributed by atoms with Gasteiger partial charge < -0.3 is 9.57 Å². The van der Waals surface area contributed by atoms with Crippen molar-refractivity contribution in [2.75, 3.05) is 11.6 Å². The van der Waals surface area contributed by atoms with Crippen molar-refractivity contribution in [3.63, 3.8) is 0 Å². The number of benzene rings is 1. The molecule has 0 heterocycles. The third kappa shape index (κ3) is 6.45. The van der Waals surface area contributed by atoms with Crippen molar-refractivity contribution in [2.45, 2.75) is 53.6 Å². The van der Waals surface area contributed by atoms with Crippen LogP contribution in [-0.4, -0.2) is 30.3 Å². The van der Waals surface area contributed by atoms with E-state index in [0.717, 1.165) is 16.1 Å². The zero-order valence-corrected chi connectivity index (χ0v) is 17.0. The first-order valence-corrected chi connectivity index (χ1v) is 9.44. The Kier molecular flexibility index (Phi) is 8.13. The van der Waals surface area contributed by atoms with Gasteiger partial charge in [0, 0.05) is 12.0 Å². The van der Waals surface area contributed by atoms with Gasteiger partial charge in [-0.05, 0) is 51.2 Å². The SMILES string of the molecule is CCC(=NN=C(C)C(C)=NOCC1CC1)OCc1c(C)cccc1N(N)C=O. The van der Waals surface area contributed by atoms with Crippen molar-refractivity contribution in [2.24, 2.45) is 27.1 Å². The Balaban J connectivity index is 2.02. The summed E-state index contributed by atoms with van der Waals surface area (Å²) >= 11 is 0. The molecule has 1 amide bonds. The summed E-state index contributed by atoms with van der Waals surface area (Å²) in [6, 6.07) is 5.55. The standard InChI is InChI=1S/C20H29N5O3/c1-5-20(23-22-15(3)16(4)24-28-11-17-9-10-17)27-12-18-14(2)7-6-8-19(18)25(21)13-26/h6-8,13,17H,5,9-12,21H2,1-4H3. The van der Waals surface area contributed by atoms with Crippen molar-refractivity contribution in [3.05, 3.63) is 29.3 Å². The third-order valence-corrected chi connectivity index (χ3v) is 4.51. The molecule has 2 N–H and O–H groups in total. The maximum Gasteiger partial charge on any atom is 0.228 e. The number of amides is 1. The number of hydrazine groups is 1. The molecule has 0 bridgehead atoms. The van der Waals surface area contributed by atoms with Gasteiger partial charge in [0.2, 0.25) is 12.3 Å². The molecule has 2 rings (SSSR count). The van der Waals surface area contributed by atoms with E-state index in [9.17, 15) is 4.79 Å². The molecule has 28 heavy (non-hydrogen) atoms. The zero-order valence-electron chi connectivity index (χ0n) is 17.0. The quantitative estimate of drug-likeness (QED) is 0.166. The second-order valence-electron chi connectivity index (χ2n) is 6.82. The van der Waals surface area contributed by atoms with Crippen LogP contribution in [0.1, 0.15) is 51.2 Å². The number of carbonyl (C=O) groups is 1. The Morgan fingerprint density at radius 3 is 2.68 bits per heavy atom. The molecule has 0 aliphatic heterocycles. The highest BCUT2D eigenvalue weighted by Gasteiger charge is 2.21. The van der Waals surface area contributed by atoms with Gasteiger partial charge in [-0.25, -0.2) is 5.84 Å². The maximum absolute atomic E-state index is 11.0. The number of anilines is 1. The van der Waals surface area contributed by atoms with Crippen LogP contribution in [0, 0.1) is 12.8 Å². The fourth-order valence-corrected chi connectivity index (χ4v) is 2.32. The summed E-state index contributed by atoms with van der Waals surface area (Å²) in [4.78, 5) is 16.3. The fourth-order valence-electron chi connectivity index (χ4n) is 2.32. The van der Waals surface area contributed by atoms with E-state index >= 15 is 0 Å². The second-order valence-corrected chi connectivity index (χ2v) is 6.82. The van der Waals surface area contributed by atoms with Crippen molar-refractivity contribution in [1.82, 2.24) is 0 Å². The molecule has 0 radical (unpaired) electrons. The molecule has 1 aliphatic carbocycles. The molecule has 0 saturated heterocycles. The smallest absolute Gasteiger partial charge is 0.228 e. The number of ether oxygens (including phenoxy) is 1. The topological polar surface area (TPSA) is 102 Å². The molecule has 8 nitrogen and oxygen atoms in total. The van der Waals surface area contributed by atoms with Gasteiger partial charge in [-0.3, -0.25) is 9.80 Å². The minimum Gasteiger partial charge on any atom is -0.475 e. The second kappa shape index (κ2) is 10.6. The monoisotopic (exact) mass is 387 g/mol. The van der Waals surface area contributed by atoms with Crippen molar-refractivity contribution < 1.29 is 14.4 Å². The van der Waals surface area contributed by atoms with E-state index in [1.54, 1.807) is 6.07 Å². The van der Waals surface area contributed by atoms with E-state index in [2.05, 4.69) is 15.4 Å². The lowest BCUT2D eigenvalue weighted by molar-refractivity contribution is -0.107. The Hall–Kier alpha value is -2.74. The Morgan fingerprint density at radius 1 is 1.29 bits per heavy atom. The Bertz CT molecular complexity index is 769. The summed E-state index contributed by atoms with van der Waals surface area (Å²) < 4.78 is 5.82. The van der Waals surface area contributed by atoms with E-state index in [4.69, 9.17) is 15.4 Å². The summed E-state index contributed by atoms with van der Waals surface area (Å²) in [6.07, 6.45) is 3.58. The van der Waals surface area contributed by atoms with E-state index in [-0.39, 0.29) is 6.61 Å². The van der Waals surface area contributed by atoms with Crippen LogP contribution in [0.15, 0.2) is 33.6 Å². The van der Waals surface area contributed by atoms with Crippen molar-refractivity contribution in [1.29, 1.82) is 0 Å². The molecule has 1 aromatic carbocycles. The van der Waals surface area contributed by atoms with Crippen LogP contribution in [-0.2, 0) is 21.0 Å². The summed E-state index contributed by atoms with van der Waals surface area (Å²) in [5.74, 6) is 6.87. The van der Waals surface area contributed by atoms with Crippen molar-refractivity contribution in [3.8, 4) is 0 Å². The number of hydrogen-bond donors (Lipinski definition) is 1. The highest BCUT2D eigenvalue weighted by molar-refractivity contribution is 6.40. The number of rotatable bonds is 10.